The Balaban J connectivity index is 2.07. The number of benzene rings is 1. The van der Waals surface area contributed by atoms with Crippen LogP contribution in [0.1, 0.15) is 37.6 Å². The van der Waals surface area contributed by atoms with Crippen molar-refractivity contribution in [2.24, 2.45) is 5.73 Å². The van der Waals surface area contributed by atoms with Crippen LogP contribution in [0, 0.1) is 0 Å². The van der Waals surface area contributed by atoms with E-state index in [2.05, 4.69) is 0 Å². The van der Waals surface area contributed by atoms with Crippen LogP contribution in [0.25, 0.3) is 0 Å². The Hall–Kier alpha value is -2.28. The minimum atomic E-state index is -0.717. The number of methoxy groups -OCH3 is 1. The lowest BCUT2D eigenvalue weighted by molar-refractivity contribution is -0.129. The van der Waals surface area contributed by atoms with Gasteiger partial charge in [0.25, 0.3) is 5.91 Å². The number of amides is 2. The zero-order chi connectivity index (χ0) is 19.3. The molecule has 0 radical (unpaired) electrons. The Kier molecular flexibility index (Phi) is 6.47. The minimum Gasteiger partial charge on any atom is -0.496 e. The Morgan fingerprint density at radius 1 is 1.19 bits per heavy atom. The van der Waals surface area contributed by atoms with Crippen molar-refractivity contribution in [2.75, 3.05) is 39.9 Å². The van der Waals surface area contributed by atoms with Crippen LogP contribution in [0.15, 0.2) is 18.2 Å². The molecule has 0 aromatic heterocycles. The number of nitrogens with zero attached hydrogens (tertiary/aromatic N) is 2. The van der Waals surface area contributed by atoms with Crippen LogP contribution in [0.3, 0.4) is 0 Å². The molecule has 0 bridgehead atoms. The lowest BCUT2D eigenvalue weighted by atomic mass is 10.0. The SMILES string of the molecule is CCCOc1ccc(C(=O)N2CCN(C(C)(C)C(N)=O)CC2)c(OC)c1. The second-order valence-electron chi connectivity index (χ2n) is 6.91. The molecule has 2 N–H and O–H groups in total. The van der Waals surface area contributed by atoms with Gasteiger partial charge in [-0.1, -0.05) is 6.92 Å². The van der Waals surface area contributed by atoms with Gasteiger partial charge in [0.2, 0.25) is 5.91 Å². The normalized spacial score (nSPS) is 15.6. The summed E-state index contributed by atoms with van der Waals surface area (Å²) in [7, 11) is 1.54. The number of carbonyl (C=O) groups excluding carboxylic acids is 2. The average molecular weight is 363 g/mol. The largest absolute Gasteiger partial charge is 0.496 e. The van der Waals surface area contributed by atoms with Crippen molar-refractivity contribution in [3.05, 3.63) is 23.8 Å². The number of hydrogen-bond donors (Lipinski definition) is 1. The number of piperazine rings is 1. The monoisotopic (exact) mass is 363 g/mol. The first-order chi connectivity index (χ1) is 12.3. The van der Waals surface area contributed by atoms with Gasteiger partial charge in [-0.25, -0.2) is 0 Å². The number of rotatable bonds is 7. The van der Waals surface area contributed by atoms with Gasteiger partial charge in [-0.3, -0.25) is 14.5 Å². The summed E-state index contributed by atoms with van der Waals surface area (Å²) in [6.07, 6.45) is 0.912. The zero-order valence-electron chi connectivity index (χ0n) is 16.1. The fourth-order valence-corrected chi connectivity index (χ4v) is 2.95. The number of ether oxygens (including phenoxy) is 2. The summed E-state index contributed by atoms with van der Waals surface area (Å²) in [6.45, 7) is 8.54. The van der Waals surface area contributed by atoms with Crippen molar-refractivity contribution in [1.29, 1.82) is 0 Å². The average Bonchev–Trinajstić information content (AvgIpc) is 2.65. The second kappa shape index (κ2) is 8.40. The van der Waals surface area contributed by atoms with E-state index in [0.29, 0.717) is 49.8 Å². The molecule has 0 spiro atoms. The molecule has 1 aliphatic heterocycles. The predicted octanol–water partition coefficient (Wildman–Crippen LogP) is 1.51. The minimum absolute atomic E-state index is 0.0829. The maximum atomic E-state index is 12.9. The first-order valence-electron chi connectivity index (χ1n) is 8.96. The quantitative estimate of drug-likeness (QED) is 0.794. The van der Waals surface area contributed by atoms with Crippen molar-refractivity contribution in [1.82, 2.24) is 9.80 Å². The first-order valence-corrected chi connectivity index (χ1v) is 8.96. The van der Waals surface area contributed by atoms with E-state index < -0.39 is 5.54 Å². The van der Waals surface area contributed by atoms with Crippen LogP contribution >= 0.6 is 0 Å². The smallest absolute Gasteiger partial charge is 0.257 e. The van der Waals surface area contributed by atoms with Crippen molar-refractivity contribution >= 4 is 11.8 Å². The number of hydrogen-bond acceptors (Lipinski definition) is 5. The van der Waals surface area contributed by atoms with Crippen LogP contribution in [0.5, 0.6) is 11.5 Å². The van der Waals surface area contributed by atoms with Gasteiger partial charge in [0.1, 0.15) is 11.5 Å². The van der Waals surface area contributed by atoms with Crippen LogP contribution in [-0.4, -0.2) is 67.0 Å². The van der Waals surface area contributed by atoms with E-state index in [4.69, 9.17) is 15.2 Å². The summed E-state index contributed by atoms with van der Waals surface area (Å²) in [4.78, 5) is 28.3. The summed E-state index contributed by atoms with van der Waals surface area (Å²) < 4.78 is 11.0. The molecule has 26 heavy (non-hydrogen) atoms. The van der Waals surface area contributed by atoms with E-state index in [1.54, 1.807) is 30.2 Å². The molecule has 1 heterocycles. The third-order valence-electron chi connectivity index (χ3n) is 4.84. The lowest BCUT2D eigenvalue weighted by Gasteiger charge is -2.42. The molecule has 0 aliphatic carbocycles. The van der Waals surface area contributed by atoms with E-state index in [1.165, 1.54) is 0 Å². The molecule has 1 aliphatic rings. The summed E-state index contributed by atoms with van der Waals surface area (Å²) in [5, 5.41) is 0. The van der Waals surface area contributed by atoms with E-state index in [1.807, 2.05) is 25.7 Å². The fraction of sp³-hybridized carbons (Fsp3) is 0.579. The van der Waals surface area contributed by atoms with Gasteiger partial charge in [-0.15, -0.1) is 0 Å². The van der Waals surface area contributed by atoms with Gasteiger partial charge < -0.3 is 20.1 Å². The highest BCUT2D eigenvalue weighted by Gasteiger charge is 2.36. The summed E-state index contributed by atoms with van der Waals surface area (Å²) in [5.41, 5.74) is 5.28. The number of carbonyl (C=O) groups is 2. The summed E-state index contributed by atoms with van der Waals surface area (Å²) in [5.74, 6) is 0.749. The van der Waals surface area contributed by atoms with Crippen LogP contribution < -0.4 is 15.2 Å². The van der Waals surface area contributed by atoms with Crippen molar-refractivity contribution in [3.63, 3.8) is 0 Å². The van der Waals surface area contributed by atoms with Gasteiger partial charge in [0.15, 0.2) is 0 Å². The van der Waals surface area contributed by atoms with Gasteiger partial charge in [-0.05, 0) is 32.4 Å². The molecule has 1 saturated heterocycles. The Labute approximate surface area is 155 Å². The van der Waals surface area contributed by atoms with Crippen molar-refractivity contribution in [2.45, 2.75) is 32.7 Å². The Morgan fingerprint density at radius 3 is 2.38 bits per heavy atom. The molecule has 7 heteroatoms. The van der Waals surface area contributed by atoms with Crippen LogP contribution in [0.4, 0.5) is 0 Å². The molecular formula is C19H29N3O4. The molecule has 0 atom stereocenters. The fourth-order valence-electron chi connectivity index (χ4n) is 2.95. The van der Waals surface area contributed by atoms with Crippen LogP contribution in [0.2, 0.25) is 0 Å². The van der Waals surface area contributed by atoms with Crippen molar-refractivity contribution in [3.8, 4) is 11.5 Å². The van der Waals surface area contributed by atoms with Gasteiger partial charge in [0, 0.05) is 32.2 Å². The lowest BCUT2D eigenvalue weighted by Crippen LogP contribution is -2.60. The molecule has 2 amide bonds. The van der Waals surface area contributed by atoms with Gasteiger partial charge in [-0.2, -0.15) is 0 Å². The van der Waals surface area contributed by atoms with E-state index in [0.717, 1.165) is 6.42 Å². The molecule has 1 aromatic rings. The summed E-state index contributed by atoms with van der Waals surface area (Å²) >= 11 is 0. The molecular weight excluding hydrogens is 334 g/mol. The number of nitrogens with two attached hydrogens (primary N) is 1. The predicted molar refractivity (Wildman–Crippen MR) is 99.5 cm³/mol. The highest BCUT2D eigenvalue weighted by atomic mass is 16.5. The summed E-state index contributed by atoms with van der Waals surface area (Å²) in [6, 6.07) is 5.28. The molecule has 0 saturated carbocycles. The van der Waals surface area contributed by atoms with E-state index >= 15 is 0 Å². The second-order valence-corrected chi connectivity index (χ2v) is 6.91. The highest BCUT2D eigenvalue weighted by molar-refractivity contribution is 5.97. The Bertz CT molecular complexity index is 652. The third kappa shape index (κ3) is 4.27. The molecule has 7 nitrogen and oxygen atoms in total. The third-order valence-corrected chi connectivity index (χ3v) is 4.84. The van der Waals surface area contributed by atoms with Gasteiger partial charge >= 0.3 is 0 Å². The molecule has 1 aromatic carbocycles. The van der Waals surface area contributed by atoms with Crippen LogP contribution in [-0.2, 0) is 4.79 Å². The Morgan fingerprint density at radius 2 is 1.85 bits per heavy atom. The molecule has 2 rings (SSSR count). The first kappa shape index (κ1) is 20.0. The van der Waals surface area contributed by atoms with E-state index in [-0.39, 0.29) is 11.8 Å². The maximum Gasteiger partial charge on any atom is 0.257 e. The van der Waals surface area contributed by atoms with Crippen molar-refractivity contribution < 1.29 is 19.1 Å². The molecule has 144 valence electrons. The van der Waals surface area contributed by atoms with Gasteiger partial charge in [0.05, 0.1) is 24.8 Å². The zero-order valence-corrected chi connectivity index (χ0v) is 16.1. The standard InChI is InChI=1S/C19H29N3O4/c1-5-12-26-14-6-7-15(16(13-14)25-4)17(23)21-8-10-22(11-9-21)19(2,3)18(20)24/h6-7,13H,5,8-12H2,1-4H3,(H2,20,24). The number of primary amides is 1. The van der Waals surface area contributed by atoms with E-state index in [9.17, 15) is 9.59 Å². The molecule has 1 fully saturated rings. The molecule has 0 unspecified atom stereocenters. The maximum absolute atomic E-state index is 12.9. The topological polar surface area (TPSA) is 85.1 Å². The highest BCUT2D eigenvalue weighted by Crippen LogP contribution is 2.27.